The molecule has 0 aliphatic heterocycles. The normalized spacial score (nSPS) is 12.0. The lowest BCUT2D eigenvalue weighted by atomic mass is 10.6. The average molecular weight is 273 g/mol. The van der Waals surface area contributed by atoms with Crippen LogP contribution < -0.4 is 0 Å². The fourth-order valence-corrected chi connectivity index (χ4v) is 5.76. The minimum Gasteiger partial charge on any atom is -0.394 e. The quantitative estimate of drug-likeness (QED) is 0.445. The van der Waals surface area contributed by atoms with Crippen LogP contribution in [0.5, 0.6) is 0 Å². The Bertz CT molecular complexity index is 131. The first-order valence-corrected chi connectivity index (χ1v) is 8.94. The van der Waals surface area contributed by atoms with Crippen LogP contribution in [0.3, 0.4) is 0 Å². The van der Waals surface area contributed by atoms with Crippen LogP contribution in [0.15, 0.2) is 0 Å². The molecule has 0 spiro atoms. The Hall–Kier alpha value is 0.717. The van der Waals surface area contributed by atoms with Crippen molar-refractivity contribution in [1.82, 2.24) is 0 Å². The molecule has 0 atom stereocenters. The summed E-state index contributed by atoms with van der Waals surface area (Å²) >= 11 is 11.5. The summed E-state index contributed by atoms with van der Waals surface area (Å²) in [5.74, 6) is 1.35. The van der Waals surface area contributed by atoms with E-state index in [1.165, 1.54) is 0 Å². The minimum atomic E-state index is -2.01. The fourth-order valence-electron chi connectivity index (χ4n) is 1.65. The summed E-state index contributed by atoms with van der Waals surface area (Å²) in [7, 11) is -2.01. The van der Waals surface area contributed by atoms with E-state index in [0.717, 1.165) is 38.1 Å². The van der Waals surface area contributed by atoms with Gasteiger partial charge in [-0.2, -0.15) is 0 Å². The van der Waals surface area contributed by atoms with Gasteiger partial charge in [0.25, 0.3) is 0 Å². The molecule has 0 N–H and O–H groups in total. The van der Waals surface area contributed by atoms with Crippen molar-refractivity contribution in [3.8, 4) is 0 Å². The molecule has 15 heavy (non-hydrogen) atoms. The van der Waals surface area contributed by atoms with Crippen LogP contribution >= 0.6 is 23.2 Å². The number of alkyl halides is 2. The van der Waals surface area contributed by atoms with Crippen molar-refractivity contribution in [1.29, 1.82) is 0 Å². The second-order valence-corrected chi connectivity index (χ2v) is 7.52. The van der Waals surface area contributed by atoms with Gasteiger partial charge in [-0.1, -0.05) is 0 Å². The molecule has 0 unspecified atom stereocenters. The third kappa shape index (κ3) is 6.79. The highest BCUT2D eigenvalue weighted by Crippen LogP contribution is 2.23. The van der Waals surface area contributed by atoms with Gasteiger partial charge < -0.3 is 8.85 Å². The number of hydrogen-bond acceptors (Lipinski definition) is 2. The maximum Gasteiger partial charge on any atom is 0.338 e. The molecule has 0 aromatic rings. The van der Waals surface area contributed by atoms with E-state index < -0.39 is 8.56 Å². The van der Waals surface area contributed by atoms with Gasteiger partial charge in [0.05, 0.1) is 0 Å². The molecule has 0 aliphatic carbocycles. The molecular weight excluding hydrogens is 251 g/mol. The molecule has 0 heterocycles. The van der Waals surface area contributed by atoms with Crippen molar-refractivity contribution >= 4 is 31.8 Å². The highest BCUT2D eigenvalue weighted by molar-refractivity contribution is 6.67. The van der Waals surface area contributed by atoms with E-state index in [9.17, 15) is 0 Å². The van der Waals surface area contributed by atoms with Crippen molar-refractivity contribution in [3.63, 3.8) is 0 Å². The summed E-state index contributed by atoms with van der Waals surface area (Å²) in [4.78, 5) is 0. The molecule has 0 saturated carbocycles. The van der Waals surface area contributed by atoms with Crippen LogP contribution in [0.1, 0.15) is 26.7 Å². The molecule has 0 saturated heterocycles. The van der Waals surface area contributed by atoms with Crippen LogP contribution in [0.2, 0.25) is 12.1 Å². The summed E-state index contributed by atoms with van der Waals surface area (Å²) < 4.78 is 11.7. The van der Waals surface area contributed by atoms with Gasteiger partial charge in [-0.15, -0.1) is 23.2 Å². The summed E-state index contributed by atoms with van der Waals surface area (Å²) in [6, 6.07) is 1.96. The predicted molar refractivity (Wildman–Crippen MR) is 69.3 cm³/mol. The van der Waals surface area contributed by atoms with Gasteiger partial charge in [-0.05, 0) is 38.8 Å². The third-order valence-corrected chi connectivity index (χ3v) is 6.59. The highest BCUT2D eigenvalue weighted by atomic mass is 35.5. The van der Waals surface area contributed by atoms with Gasteiger partial charge in [0.2, 0.25) is 0 Å². The van der Waals surface area contributed by atoms with Crippen molar-refractivity contribution in [3.05, 3.63) is 0 Å². The first-order chi connectivity index (χ1) is 7.24. The smallest absolute Gasteiger partial charge is 0.338 e. The first kappa shape index (κ1) is 15.7. The van der Waals surface area contributed by atoms with Gasteiger partial charge >= 0.3 is 8.56 Å². The van der Waals surface area contributed by atoms with Gasteiger partial charge in [0.15, 0.2) is 0 Å². The van der Waals surface area contributed by atoms with Crippen molar-refractivity contribution in [2.24, 2.45) is 0 Å². The Morgan fingerprint density at radius 2 is 1.27 bits per heavy atom. The number of halogens is 2. The van der Waals surface area contributed by atoms with E-state index in [4.69, 9.17) is 32.1 Å². The van der Waals surface area contributed by atoms with E-state index in [0.29, 0.717) is 11.8 Å². The van der Waals surface area contributed by atoms with E-state index in [1.54, 1.807) is 0 Å². The maximum absolute atomic E-state index is 5.87. The Morgan fingerprint density at radius 1 is 0.867 bits per heavy atom. The van der Waals surface area contributed by atoms with Crippen LogP contribution in [-0.4, -0.2) is 33.5 Å². The Balaban J connectivity index is 4.26. The SMILES string of the molecule is CCO[Si](CCCCl)(CCCCl)OCC. The summed E-state index contributed by atoms with van der Waals surface area (Å²) in [6.07, 6.45) is 1.94. The molecule has 0 aromatic heterocycles. The molecule has 0 rings (SSSR count). The molecule has 0 fully saturated rings. The minimum absolute atomic E-state index is 0.676. The molecule has 2 nitrogen and oxygen atoms in total. The standard InChI is InChI=1S/C10H22Cl2O2Si/c1-3-13-15(14-4-2,9-5-7-11)10-6-8-12/h3-10H2,1-2H3. The van der Waals surface area contributed by atoms with Crippen molar-refractivity contribution < 1.29 is 8.85 Å². The zero-order chi connectivity index (χ0) is 11.6. The average Bonchev–Trinajstić information content (AvgIpc) is 2.24. The van der Waals surface area contributed by atoms with Crippen LogP contribution in [-0.2, 0) is 8.85 Å². The second kappa shape index (κ2) is 9.91. The van der Waals surface area contributed by atoms with Gasteiger partial charge in [0.1, 0.15) is 0 Å². The Labute approximate surface area is 104 Å². The molecule has 0 radical (unpaired) electrons. The predicted octanol–water partition coefficient (Wildman–Crippen LogP) is 3.76. The lowest BCUT2D eigenvalue weighted by Crippen LogP contribution is -2.42. The number of hydrogen-bond donors (Lipinski definition) is 0. The van der Waals surface area contributed by atoms with Crippen LogP contribution in [0.4, 0.5) is 0 Å². The third-order valence-electron chi connectivity index (χ3n) is 2.20. The Kier molecular flexibility index (Phi) is 10.4. The molecule has 0 amide bonds. The largest absolute Gasteiger partial charge is 0.394 e. The summed E-state index contributed by atoms with van der Waals surface area (Å²) in [5, 5.41) is 0. The van der Waals surface area contributed by atoms with E-state index >= 15 is 0 Å². The maximum atomic E-state index is 5.87. The van der Waals surface area contributed by atoms with Crippen molar-refractivity contribution in [2.45, 2.75) is 38.8 Å². The van der Waals surface area contributed by atoms with Crippen molar-refractivity contribution in [2.75, 3.05) is 25.0 Å². The van der Waals surface area contributed by atoms with Crippen LogP contribution in [0, 0.1) is 0 Å². The topological polar surface area (TPSA) is 18.5 Å². The monoisotopic (exact) mass is 272 g/mol. The molecule has 0 aliphatic rings. The van der Waals surface area contributed by atoms with E-state index in [1.807, 2.05) is 13.8 Å². The van der Waals surface area contributed by atoms with Gasteiger partial charge in [0, 0.05) is 25.0 Å². The van der Waals surface area contributed by atoms with E-state index in [2.05, 4.69) is 0 Å². The zero-order valence-corrected chi connectivity index (χ0v) is 12.2. The zero-order valence-electron chi connectivity index (χ0n) is 9.73. The number of rotatable bonds is 10. The Morgan fingerprint density at radius 3 is 1.53 bits per heavy atom. The van der Waals surface area contributed by atoms with E-state index in [-0.39, 0.29) is 0 Å². The molecule has 0 bridgehead atoms. The second-order valence-electron chi connectivity index (χ2n) is 3.36. The summed E-state index contributed by atoms with van der Waals surface area (Å²) in [5.41, 5.74) is 0. The van der Waals surface area contributed by atoms with Gasteiger partial charge in [-0.25, -0.2) is 0 Å². The lowest BCUT2D eigenvalue weighted by Gasteiger charge is -2.29. The fraction of sp³-hybridized carbons (Fsp3) is 1.00. The molecule has 0 aromatic carbocycles. The molecule has 5 heteroatoms. The lowest BCUT2D eigenvalue weighted by molar-refractivity contribution is 0.182. The highest BCUT2D eigenvalue weighted by Gasteiger charge is 2.35. The van der Waals surface area contributed by atoms with Gasteiger partial charge in [-0.3, -0.25) is 0 Å². The molecular formula is C10H22Cl2O2Si. The van der Waals surface area contributed by atoms with Crippen LogP contribution in [0.25, 0.3) is 0 Å². The first-order valence-electron chi connectivity index (χ1n) is 5.64. The summed E-state index contributed by atoms with van der Waals surface area (Å²) in [6.45, 7) is 5.47. The molecule has 92 valence electrons.